The van der Waals surface area contributed by atoms with Gasteiger partial charge in [-0.2, -0.15) is 0 Å². The number of benzene rings is 2. The maximum absolute atomic E-state index is 14.8. The van der Waals surface area contributed by atoms with Crippen molar-refractivity contribution in [1.29, 1.82) is 0 Å². The first-order valence-corrected chi connectivity index (χ1v) is 8.81. The van der Waals surface area contributed by atoms with Crippen molar-refractivity contribution in [1.82, 2.24) is 15.0 Å². The second-order valence-electron chi connectivity index (χ2n) is 6.48. The molecular formula is C21H19FN6. The third-order valence-corrected chi connectivity index (χ3v) is 4.67. The standard InChI is InChI=1S/C21H19FN6/c1-12(28-21-19(23)20(24)26-11-27-21)14-10-25-16-9-5-8-15(22)18(16)17(14)13-6-3-2-4-7-13/h2-12H,23H2,1H3,(H3,24,26,27,28)/t12-/m0/s1. The Bertz CT molecular complexity index is 1150. The zero-order valence-electron chi connectivity index (χ0n) is 15.2. The zero-order valence-corrected chi connectivity index (χ0v) is 15.2. The molecule has 0 unspecified atom stereocenters. The minimum atomic E-state index is -0.316. The average Bonchev–Trinajstić information content (AvgIpc) is 2.71. The summed E-state index contributed by atoms with van der Waals surface area (Å²) in [5.41, 5.74) is 15.1. The van der Waals surface area contributed by atoms with Crippen molar-refractivity contribution in [3.63, 3.8) is 0 Å². The van der Waals surface area contributed by atoms with E-state index in [-0.39, 0.29) is 23.4 Å². The minimum absolute atomic E-state index is 0.204. The Balaban J connectivity index is 1.89. The average molecular weight is 374 g/mol. The van der Waals surface area contributed by atoms with E-state index in [0.717, 1.165) is 16.7 Å². The molecule has 28 heavy (non-hydrogen) atoms. The molecule has 2 heterocycles. The van der Waals surface area contributed by atoms with Crippen molar-refractivity contribution >= 4 is 28.2 Å². The maximum Gasteiger partial charge on any atom is 0.155 e. The summed E-state index contributed by atoms with van der Waals surface area (Å²) in [6.45, 7) is 1.94. The van der Waals surface area contributed by atoms with E-state index in [1.165, 1.54) is 12.4 Å². The molecule has 4 rings (SSSR count). The normalized spacial score (nSPS) is 12.1. The number of aromatic nitrogens is 3. The lowest BCUT2D eigenvalue weighted by molar-refractivity contribution is 0.639. The van der Waals surface area contributed by atoms with E-state index in [1.54, 1.807) is 18.3 Å². The number of nitrogens with zero attached hydrogens (tertiary/aromatic N) is 3. The minimum Gasteiger partial charge on any atom is -0.393 e. The molecule has 2 aromatic heterocycles. The summed E-state index contributed by atoms with van der Waals surface area (Å²) in [5.74, 6) is 0.312. The second-order valence-corrected chi connectivity index (χ2v) is 6.48. The molecule has 5 N–H and O–H groups in total. The number of nitrogens with two attached hydrogens (primary N) is 2. The Hall–Kier alpha value is -3.74. The van der Waals surface area contributed by atoms with Crippen LogP contribution in [0.5, 0.6) is 0 Å². The predicted octanol–water partition coefficient (Wildman–Crippen LogP) is 4.17. The third kappa shape index (κ3) is 3.07. The van der Waals surface area contributed by atoms with Gasteiger partial charge in [0.05, 0.1) is 11.6 Å². The van der Waals surface area contributed by atoms with Gasteiger partial charge >= 0.3 is 0 Å². The number of anilines is 3. The molecule has 0 amide bonds. The van der Waals surface area contributed by atoms with Crippen LogP contribution >= 0.6 is 0 Å². The molecule has 0 saturated carbocycles. The molecule has 0 bridgehead atoms. The van der Waals surface area contributed by atoms with Gasteiger partial charge in [0.25, 0.3) is 0 Å². The highest BCUT2D eigenvalue weighted by Gasteiger charge is 2.19. The quantitative estimate of drug-likeness (QED) is 0.495. The van der Waals surface area contributed by atoms with Crippen LogP contribution in [0.4, 0.5) is 21.7 Å². The highest BCUT2D eigenvalue weighted by Crippen LogP contribution is 2.37. The molecular weight excluding hydrogens is 355 g/mol. The lowest BCUT2D eigenvalue weighted by Crippen LogP contribution is -2.13. The Morgan fingerprint density at radius 2 is 1.75 bits per heavy atom. The zero-order chi connectivity index (χ0) is 19.7. The molecule has 0 radical (unpaired) electrons. The number of halogens is 1. The summed E-state index contributed by atoms with van der Waals surface area (Å²) in [6.07, 6.45) is 3.10. The number of pyridine rings is 1. The Morgan fingerprint density at radius 3 is 2.54 bits per heavy atom. The summed E-state index contributed by atoms with van der Waals surface area (Å²) in [4.78, 5) is 12.5. The molecule has 0 aliphatic rings. The van der Waals surface area contributed by atoms with Gasteiger partial charge in [0.2, 0.25) is 0 Å². The van der Waals surface area contributed by atoms with Gasteiger partial charge in [-0.1, -0.05) is 36.4 Å². The largest absolute Gasteiger partial charge is 0.393 e. The Morgan fingerprint density at radius 1 is 0.964 bits per heavy atom. The summed E-state index contributed by atoms with van der Waals surface area (Å²) in [5, 5.41) is 3.72. The fourth-order valence-corrected chi connectivity index (χ4v) is 3.27. The van der Waals surface area contributed by atoms with Crippen molar-refractivity contribution in [3.05, 3.63) is 72.4 Å². The topological polar surface area (TPSA) is 103 Å². The summed E-state index contributed by atoms with van der Waals surface area (Å²) in [6, 6.07) is 14.3. The van der Waals surface area contributed by atoms with E-state index in [2.05, 4.69) is 20.3 Å². The van der Waals surface area contributed by atoms with Crippen molar-refractivity contribution in [2.75, 3.05) is 16.8 Å². The lowest BCUT2D eigenvalue weighted by Gasteiger charge is -2.21. The van der Waals surface area contributed by atoms with Crippen LogP contribution in [0, 0.1) is 5.82 Å². The first-order chi connectivity index (χ1) is 13.6. The maximum atomic E-state index is 14.8. The van der Waals surface area contributed by atoms with Crippen LogP contribution in [0.3, 0.4) is 0 Å². The molecule has 1 atom stereocenters. The number of hydrogen-bond acceptors (Lipinski definition) is 6. The molecule has 6 nitrogen and oxygen atoms in total. The molecule has 0 aliphatic heterocycles. The number of fused-ring (bicyclic) bond motifs is 1. The van der Waals surface area contributed by atoms with Gasteiger partial charge in [0.1, 0.15) is 17.8 Å². The first-order valence-electron chi connectivity index (χ1n) is 8.81. The van der Waals surface area contributed by atoms with Crippen LogP contribution in [0.2, 0.25) is 0 Å². The highest BCUT2D eigenvalue weighted by atomic mass is 19.1. The molecule has 140 valence electrons. The van der Waals surface area contributed by atoms with Crippen LogP contribution in [0.1, 0.15) is 18.5 Å². The van der Waals surface area contributed by atoms with Gasteiger partial charge < -0.3 is 16.8 Å². The van der Waals surface area contributed by atoms with Gasteiger partial charge in [-0.15, -0.1) is 0 Å². The van der Waals surface area contributed by atoms with Gasteiger partial charge in [-0.25, -0.2) is 14.4 Å². The molecule has 2 aromatic carbocycles. The predicted molar refractivity (Wildman–Crippen MR) is 110 cm³/mol. The molecule has 0 aliphatic carbocycles. The molecule has 0 spiro atoms. The van der Waals surface area contributed by atoms with Crippen molar-refractivity contribution in [2.45, 2.75) is 13.0 Å². The summed E-state index contributed by atoms with van der Waals surface area (Å²) in [7, 11) is 0. The van der Waals surface area contributed by atoms with Gasteiger partial charge in [0, 0.05) is 22.7 Å². The molecule has 7 heteroatoms. The molecule has 0 fully saturated rings. The fourth-order valence-electron chi connectivity index (χ4n) is 3.27. The summed E-state index contributed by atoms with van der Waals surface area (Å²) < 4.78 is 14.8. The van der Waals surface area contributed by atoms with E-state index in [4.69, 9.17) is 11.5 Å². The first kappa shape index (κ1) is 17.7. The van der Waals surface area contributed by atoms with Crippen LogP contribution in [0.25, 0.3) is 22.0 Å². The van der Waals surface area contributed by atoms with Crippen molar-refractivity contribution in [2.24, 2.45) is 0 Å². The van der Waals surface area contributed by atoms with E-state index >= 15 is 0 Å². The lowest BCUT2D eigenvalue weighted by atomic mass is 9.93. The fraction of sp³-hybridized carbons (Fsp3) is 0.0952. The SMILES string of the molecule is C[C@H](Nc1ncnc(N)c1N)c1cnc2cccc(F)c2c1-c1ccccc1. The van der Waals surface area contributed by atoms with Crippen molar-refractivity contribution in [3.8, 4) is 11.1 Å². The Kier molecular flexibility index (Phi) is 4.49. The van der Waals surface area contributed by atoms with E-state index in [1.807, 2.05) is 37.3 Å². The van der Waals surface area contributed by atoms with Gasteiger partial charge in [-0.05, 0) is 24.6 Å². The van der Waals surface area contributed by atoms with E-state index in [9.17, 15) is 4.39 Å². The van der Waals surface area contributed by atoms with Crippen LogP contribution < -0.4 is 16.8 Å². The van der Waals surface area contributed by atoms with E-state index in [0.29, 0.717) is 16.7 Å². The van der Waals surface area contributed by atoms with Crippen LogP contribution in [-0.2, 0) is 0 Å². The smallest absolute Gasteiger partial charge is 0.155 e. The second kappa shape index (κ2) is 7.11. The number of nitrogens with one attached hydrogen (secondary N) is 1. The molecule has 4 aromatic rings. The van der Waals surface area contributed by atoms with Crippen molar-refractivity contribution < 1.29 is 4.39 Å². The summed E-state index contributed by atoms with van der Waals surface area (Å²) >= 11 is 0. The number of nitrogen functional groups attached to an aromatic ring is 2. The van der Waals surface area contributed by atoms with Gasteiger partial charge in [-0.3, -0.25) is 4.98 Å². The highest BCUT2D eigenvalue weighted by molar-refractivity contribution is 5.96. The molecule has 0 saturated heterocycles. The monoisotopic (exact) mass is 374 g/mol. The Labute approximate surface area is 161 Å². The number of rotatable bonds is 4. The van der Waals surface area contributed by atoms with Gasteiger partial charge in [0.15, 0.2) is 11.6 Å². The van der Waals surface area contributed by atoms with Crippen LogP contribution in [0.15, 0.2) is 61.1 Å². The number of hydrogen-bond donors (Lipinski definition) is 3. The third-order valence-electron chi connectivity index (χ3n) is 4.67. The van der Waals surface area contributed by atoms with Crippen LogP contribution in [-0.4, -0.2) is 15.0 Å². The van der Waals surface area contributed by atoms with E-state index < -0.39 is 0 Å².